The number of carbonyl (C=O) groups excluding carboxylic acids is 1. The first-order valence-corrected chi connectivity index (χ1v) is 8.88. The maximum absolute atomic E-state index is 13.6. The topological polar surface area (TPSA) is 60.7 Å². The van der Waals surface area contributed by atoms with Gasteiger partial charge in [-0.1, -0.05) is 11.6 Å². The van der Waals surface area contributed by atoms with E-state index in [2.05, 4.69) is 15.3 Å². The normalized spacial score (nSPS) is 10.9. The molecule has 0 aliphatic carbocycles. The van der Waals surface area contributed by atoms with Gasteiger partial charge in [0.15, 0.2) is 4.77 Å². The van der Waals surface area contributed by atoms with Gasteiger partial charge in [-0.05, 0) is 48.6 Å². The molecule has 3 rings (SSSR count). The van der Waals surface area contributed by atoms with Crippen molar-refractivity contribution in [1.82, 2.24) is 15.3 Å². The Labute approximate surface area is 151 Å². The number of aromatic nitrogens is 2. The molecule has 4 nitrogen and oxygen atoms in total. The van der Waals surface area contributed by atoms with E-state index in [1.54, 1.807) is 11.8 Å². The molecule has 0 atom stereocenters. The highest BCUT2D eigenvalue weighted by Gasteiger charge is 2.13. The molecule has 124 valence electrons. The monoisotopic (exact) mass is 381 g/mol. The van der Waals surface area contributed by atoms with E-state index in [0.29, 0.717) is 33.1 Å². The third kappa shape index (κ3) is 3.98. The van der Waals surface area contributed by atoms with E-state index in [9.17, 15) is 9.18 Å². The second-order valence-corrected chi connectivity index (χ2v) is 7.03. The Morgan fingerprint density at radius 3 is 2.75 bits per heavy atom. The molecule has 0 saturated heterocycles. The van der Waals surface area contributed by atoms with Crippen LogP contribution >= 0.6 is 35.6 Å². The predicted octanol–water partition coefficient (Wildman–Crippen LogP) is 4.54. The van der Waals surface area contributed by atoms with Gasteiger partial charge in [-0.15, -0.1) is 11.8 Å². The molecular weight excluding hydrogens is 369 g/mol. The molecule has 0 unspecified atom stereocenters. The highest BCUT2D eigenvalue weighted by Crippen LogP contribution is 2.20. The molecule has 0 saturated carbocycles. The molecule has 0 aliphatic rings. The largest absolute Gasteiger partial charge is 0.351 e. The zero-order valence-corrected chi connectivity index (χ0v) is 14.7. The first-order valence-electron chi connectivity index (χ1n) is 7.11. The Balaban J connectivity index is 1.63. The summed E-state index contributed by atoms with van der Waals surface area (Å²) in [5, 5.41) is 3.48. The van der Waals surface area contributed by atoms with Crippen molar-refractivity contribution in [2.45, 2.75) is 4.90 Å². The van der Waals surface area contributed by atoms with E-state index in [-0.39, 0.29) is 11.5 Å². The van der Waals surface area contributed by atoms with Crippen molar-refractivity contribution in [3.63, 3.8) is 0 Å². The fraction of sp³-hybridized carbons (Fsp3) is 0.125. The predicted molar refractivity (Wildman–Crippen MR) is 98.0 cm³/mol. The molecule has 0 aliphatic heterocycles. The van der Waals surface area contributed by atoms with Gasteiger partial charge in [0, 0.05) is 22.2 Å². The van der Waals surface area contributed by atoms with Gasteiger partial charge < -0.3 is 15.3 Å². The number of carbonyl (C=O) groups is 1. The van der Waals surface area contributed by atoms with Gasteiger partial charge in [-0.3, -0.25) is 4.79 Å². The summed E-state index contributed by atoms with van der Waals surface area (Å²) in [6.07, 6.45) is 0. The van der Waals surface area contributed by atoms with E-state index >= 15 is 0 Å². The number of benzene rings is 2. The van der Waals surface area contributed by atoms with Crippen LogP contribution in [0.25, 0.3) is 11.0 Å². The molecule has 0 spiro atoms. The molecule has 0 bridgehead atoms. The molecule has 1 aromatic heterocycles. The minimum absolute atomic E-state index is 0.230. The van der Waals surface area contributed by atoms with E-state index in [1.165, 1.54) is 12.1 Å². The number of H-pyrrole nitrogens is 2. The third-order valence-corrected chi connectivity index (χ3v) is 4.77. The summed E-state index contributed by atoms with van der Waals surface area (Å²) in [7, 11) is 0. The average Bonchev–Trinajstić information content (AvgIpc) is 2.92. The number of amides is 1. The highest BCUT2D eigenvalue weighted by atomic mass is 35.5. The van der Waals surface area contributed by atoms with Crippen molar-refractivity contribution in [3.8, 4) is 0 Å². The number of fused-ring (bicyclic) bond motifs is 1. The van der Waals surface area contributed by atoms with Crippen LogP contribution in [0.1, 0.15) is 10.4 Å². The van der Waals surface area contributed by atoms with Gasteiger partial charge in [0.25, 0.3) is 5.91 Å². The molecule has 3 N–H and O–H groups in total. The summed E-state index contributed by atoms with van der Waals surface area (Å²) >= 11 is 12.4. The smallest absolute Gasteiger partial charge is 0.253 e. The standard InChI is InChI=1S/C16H13ClFN3OS2/c17-9-1-3-11(4-2-9)24-6-5-19-15(22)12-7-10(18)8-13-14(12)21-16(23)20-13/h1-4,7-8H,5-6H2,(H,19,22)(H2,20,21,23). The number of nitrogens with one attached hydrogen (secondary N) is 3. The Bertz CT molecular complexity index is 937. The molecule has 0 fully saturated rings. The SMILES string of the molecule is O=C(NCCSc1ccc(Cl)cc1)c1cc(F)cc2[nH]c(=S)[nH]c12. The van der Waals surface area contributed by atoms with Gasteiger partial charge >= 0.3 is 0 Å². The van der Waals surface area contributed by atoms with Gasteiger partial charge in [0.2, 0.25) is 0 Å². The highest BCUT2D eigenvalue weighted by molar-refractivity contribution is 7.99. The number of halogens is 2. The molecule has 1 heterocycles. The van der Waals surface area contributed by atoms with E-state index in [1.807, 2.05) is 24.3 Å². The van der Waals surface area contributed by atoms with Gasteiger partial charge in [-0.25, -0.2) is 4.39 Å². The minimum atomic E-state index is -0.492. The second kappa shape index (κ2) is 7.38. The fourth-order valence-corrected chi connectivity index (χ4v) is 3.35. The van der Waals surface area contributed by atoms with Gasteiger partial charge in [0.1, 0.15) is 5.82 Å². The van der Waals surface area contributed by atoms with Crippen molar-refractivity contribution in [1.29, 1.82) is 0 Å². The number of rotatable bonds is 5. The summed E-state index contributed by atoms with van der Waals surface area (Å²) in [5.41, 5.74) is 1.21. The fourth-order valence-electron chi connectivity index (χ4n) is 2.25. The Morgan fingerprint density at radius 1 is 1.25 bits per heavy atom. The zero-order chi connectivity index (χ0) is 17.1. The summed E-state index contributed by atoms with van der Waals surface area (Å²) in [6, 6.07) is 9.98. The molecule has 3 aromatic rings. The summed E-state index contributed by atoms with van der Waals surface area (Å²) < 4.78 is 14.0. The zero-order valence-electron chi connectivity index (χ0n) is 12.4. The molecule has 0 radical (unpaired) electrons. The molecule has 1 amide bonds. The van der Waals surface area contributed by atoms with Crippen LogP contribution in [0.3, 0.4) is 0 Å². The number of hydrogen-bond donors (Lipinski definition) is 3. The summed E-state index contributed by atoms with van der Waals surface area (Å²) in [6.45, 7) is 0.454. The Kier molecular flexibility index (Phi) is 5.23. The third-order valence-electron chi connectivity index (χ3n) is 3.30. The maximum Gasteiger partial charge on any atom is 0.253 e. The van der Waals surface area contributed by atoms with Crippen molar-refractivity contribution in [3.05, 3.63) is 57.6 Å². The van der Waals surface area contributed by atoms with Gasteiger partial charge in [-0.2, -0.15) is 0 Å². The Hall–Kier alpha value is -1.83. The first-order chi connectivity index (χ1) is 11.5. The summed E-state index contributed by atoms with van der Waals surface area (Å²) in [5.74, 6) is -0.149. The van der Waals surface area contributed by atoms with Crippen molar-refractivity contribution >= 4 is 52.5 Å². The number of thioether (sulfide) groups is 1. The van der Waals surface area contributed by atoms with Crippen LogP contribution < -0.4 is 5.32 Å². The van der Waals surface area contributed by atoms with Crippen molar-refractivity contribution < 1.29 is 9.18 Å². The van der Waals surface area contributed by atoms with Crippen LogP contribution in [0.2, 0.25) is 5.02 Å². The number of imidazole rings is 1. The van der Waals surface area contributed by atoms with Crippen LogP contribution in [0, 0.1) is 10.6 Å². The van der Waals surface area contributed by atoms with Gasteiger partial charge in [0.05, 0.1) is 16.6 Å². The molecule has 2 aromatic carbocycles. The lowest BCUT2D eigenvalue weighted by Crippen LogP contribution is -2.26. The van der Waals surface area contributed by atoms with Crippen LogP contribution in [0.5, 0.6) is 0 Å². The maximum atomic E-state index is 13.6. The van der Waals surface area contributed by atoms with Crippen LogP contribution in [-0.4, -0.2) is 28.2 Å². The summed E-state index contributed by atoms with van der Waals surface area (Å²) in [4.78, 5) is 19.1. The van der Waals surface area contributed by atoms with Crippen LogP contribution in [-0.2, 0) is 0 Å². The molecule has 8 heteroatoms. The number of hydrogen-bond acceptors (Lipinski definition) is 3. The average molecular weight is 382 g/mol. The van der Waals surface area contributed by atoms with Crippen molar-refractivity contribution in [2.75, 3.05) is 12.3 Å². The lowest BCUT2D eigenvalue weighted by Gasteiger charge is -2.06. The van der Waals surface area contributed by atoms with E-state index in [4.69, 9.17) is 23.8 Å². The first kappa shape index (κ1) is 17.0. The second-order valence-electron chi connectivity index (χ2n) is 5.01. The lowest BCUT2D eigenvalue weighted by molar-refractivity contribution is 0.0957. The minimum Gasteiger partial charge on any atom is -0.351 e. The molecular formula is C16H13ClFN3OS2. The number of aromatic amines is 2. The van der Waals surface area contributed by atoms with E-state index < -0.39 is 5.82 Å². The van der Waals surface area contributed by atoms with E-state index in [0.717, 1.165) is 4.90 Å². The van der Waals surface area contributed by atoms with Crippen LogP contribution in [0.15, 0.2) is 41.3 Å². The van der Waals surface area contributed by atoms with Crippen LogP contribution in [0.4, 0.5) is 4.39 Å². The quantitative estimate of drug-likeness (QED) is 0.345. The Morgan fingerprint density at radius 2 is 2.00 bits per heavy atom. The lowest BCUT2D eigenvalue weighted by atomic mass is 10.1. The molecule has 24 heavy (non-hydrogen) atoms. The van der Waals surface area contributed by atoms with Crippen molar-refractivity contribution in [2.24, 2.45) is 0 Å².